The SMILES string of the molecule is CCNC(=NCc1ccc(C(C)(C)C)cc1)NC1CCN(CC(=O)N(C)C)CC1. The molecule has 1 aliphatic heterocycles. The predicted molar refractivity (Wildman–Crippen MR) is 121 cm³/mol. The lowest BCUT2D eigenvalue weighted by molar-refractivity contribution is -0.130. The van der Waals surface area contributed by atoms with Gasteiger partial charge in [0.2, 0.25) is 5.91 Å². The van der Waals surface area contributed by atoms with Crippen LogP contribution in [0.3, 0.4) is 0 Å². The van der Waals surface area contributed by atoms with Gasteiger partial charge < -0.3 is 15.5 Å². The maximum Gasteiger partial charge on any atom is 0.236 e. The van der Waals surface area contributed by atoms with Gasteiger partial charge in [-0.3, -0.25) is 9.69 Å². The first-order valence-electron chi connectivity index (χ1n) is 10.8. The minimum atomic E-state index is 0.170. The number of hydrogen-bond donors (Lipinski definition) is 2. The van der Waals surface area contributed by atoms with E-state index in [1.165, 1.54) is 11.1 Å². The van der Waals surface area contributed by atoms with Gasteiger partial charge in [0.25, 0.3) is 0 Å². The smallest absolute Gasteiger partial charge is 0.236 e. The molecule has 1 aromatic rings. The minimum absolute atomic E-state index is 0.170. The van der Waals surface area contributed by atoms with E-state index >= 15 is 0 Å². The third-order valence-electron chi connectivity index (χ3n) is 5.37. The number of likely N-dealkylation sites (N-methyl/N-ethyl adjacent to an activating group) is 1. The van der Waals surface area contributed by atoms with Crippen LogP contribution in [-0.2, 0) is 16.8 Å². The zero-order chi connectivity index (χ0) is 21.4. The van der Waals surface area contributed by atoms with Crippen LogP contribution < -0.4 is 10.6 Å². The average molecular weight is 402 g/mol. The van der Waals surface area contributed by atoms with E-state index in [2.05, 4.69) is 67.5 Å². The Morgan fingerprint density at radius 3 is 2.31 bits per heavy atom. The van der Waals surface area contributed by atoms with Crippen LogP contribution in [0, 0.1) is 0 Å². The molecule has 6 heteroatoms. The van der Waals surface area contributed by atoms with Crippen molar-refractivity contribution in [2.75, 3.05) is 40.3 Å². The summed E-state index contributed by atoms with van der Waals surface area (Å²) in [4.78, 5) is 20.6. The van der Waals surface area contributed by atoms with Crippen LogP contribution in [0.15, 0.2) is 29.3 Å². The van der Waals surface area contributed by atoms with Gasteiger partial charge in [0.15, 0.2) is 5.96 Å². The molecule has 0 saturated carbocycles. The van der Waals surface area contributed by atoms with Crippen molar-refractivity contribution in [1.29, 1.82) is 0 Å². The van der Waals surface area contributed by atoms with E-state index in [-0.39, 0.29) is 11.3 Å². The lowest BCUT2D eigenvalue weighted by Gasteiger charge is -2.33. The second kappa shape index (κ2) is 10.6. The molecule has 162 valence electrons. The summed E-state index contributed by atoms with van der Waals surface area (Å²) in [5.74, 6) is 1.04. The van der Waals surface area contributed by atoms with Crippen LogP contribution in [0.4, 0.5) is 0 Å². The molecule has 1 amide bonds. The van der Waals surface area contributed by atoms with E-state index in [1.807, 2.05) is 14.1 Å². The number of hydrogen-bond acceptors (Lipinski definition) is 3. The summed E-state index contributed by atoms with van der Waals surface area (Å²) in [6, 6.07) is 9.15. The summed E-state index contributed by atoms with van der Waals surface area (Å²) in [7, 11) is 3.62. The van der Waals surface area contributed by atoms with Crippen molar-refractivity contribution in [3.05, 3.63) is 35.4 Å². The fraction of sp³-hybridized carbons (Fsp3) is 0.652. The number of carbonyl (C=O) groups is 1. The van der Waals surface area contributed by atoms with Gasteiger partial charge in [-0.1, -0.05) is 45.0 Å². The highest BCUT2D eigenvalue weighted by molar-refractivity contribution is 5.80. The van der Waals surface area contributed by atoms with E-state index in [9.17, 15) is 4.79 Å². The van der Waals surface area contributed by atoms with Crippen molar-refractivity contribution in [2.45, 2.75) is 58.5 Å². The van der Waals surface area contributed by atoms with Crippen LogP contribution in [-0.4, -0.2) is 68.0 Å². The monoisotopic (exact) mass is 401 g/mol. The Morgan fingerprint density at radius 2 is 1.79 bits per heavy atom. The number of likely N-dealkylation sites (tertiary alicyclic amines) is 1. The fourth-order valence-electron chi connectivity index (χ4n) is 3.36. The molecule has 1 aliphatic rings. The lowest BCUT2D eigenvalue weighted by atomic mass is 9.87. The zero-order valence-electron chi connectivity index (χ0n) is 19.1. The molecule has 2 rings (SSSR count). The van der Waals surface area contributed by atoms with Crippen molar-refractivity contribution in [2.24, 2.45) is 4.99 Å². The molecule has 0 unspecified atom stereocenters. The van der Waals surface area contributed by atoms with Crippen LogP contribution in [0.25, 0.3) is 0 Å². The van der Waals surface area contributed by atoms with Gasteiger partial charge in [0, 0.05) is 39.8 Å². The number of amides is 1. The van der Waals surface area contributed by atoms with Crippen molar-refractivity contribution >= 4 is 11.9 Å². The molecule has 1 fully saturated rings. The van der Waals surface area contributed by atoms with E-state index in [0.29, 0.717) is 19.1 Å². The first kappa shape index (κ1) is 23.2. The molecule has 0 aromatic heterocycles. The van der Waals surface area contributed by atoms with Crippen molar-refractivity contribution in [3.8, 4) is 0 Å². The first-order valence-corrected chi connectivity index (χ1v) is 10.8. The topological polar surface area (TPSA) is 60.0 Å². The number of nitrogens with zero attached hydrogens (tertiary/aromatic N) is 3. The van der Waals surface area contributed by atoms with Gasteiger partial charge >= 0.3 is 0 Å². The summed E-state index contributed by atoms with van der Waals surface area (Å²) in [5.41, 5.74) is 2.73. The molecule has 0 aliphatic carbocycles. The van der Waals surface area contributed by atoms with Crippen molar-refractivity contribution < 1.29 is 4.79 Å². The molecule has 0 spiro atoms. The molecule has 1 saturated heterocycles. The summed E-state index contributed by atoms with van der Waals surface area (Å²) < 4.78 is 0. The summed E-state index contributed by atoms with van der Waals surface area (Å²) in [6.07, 6.45) is 2.04. The summed E-state index contributed by atoms with van der Waals surface area (Å²) in [5, 5.41) is 6.93. The normalized spacial score (nSPS) is 16.6. The Hall–Kier alpha value is -2.08. The summed E-state index contributed by atoms with van der Waals surface area (Å²) in [6.45, 7) is 12.7. The zero-order valence-corrected chi connectivity index (χ0v) is 19.1. The number of rotatable bonds is 6. The first-order chi connectivity index (χ1) is 13.7. The number of piperidine rings is 1. The number of nitrogens with one attached hydrogen (secondary N) is 2. The van der Waals surface area contributed by atoms with Gasteiger partial charge in [0.1, 0.15) is 0 Å². The van der Waals surface area contributed by atoms with Crippen molar-refractivity contribution in [3.63, 3.8) is 0 Å². The number of aliphatic imine (C=N–C) groups is 1. The Bertz CT molecular complexity index is 668. The van der Waals surface area contributed by atoms with Crippen LogP contribution in [0.5, 0.6) is 0 Å². The highest BCUT2D eigenvalue weighted by Gasteiger charge is 2.22. The number of carbonyl (C=O) groups excluding carboxylic acids is 1. The maximum atomic E-state index is 11.9. The quantitative estimate of drug-likeness (QED) is 0.568. The van der Waals surface area contributed by atoms with Gasteiger partial charge in [-0.15, -0.1) is 0 Å². The van der Waals surface area contributed by atoms with E-state index in [4.69, 9.17) is 4.99 Å². The molecule has 0 bridgehead atoms. The lowest BCUT2D eigenvalue weighted by Crippen LogP contribution is -2.50. The second-order valence-electron chi connectivity index (χ2n) is 9.13. The van der Waals surface area contributed by atoms with Gasteiger partial charge in [-0.25, -0.2) is 4.99 Å². The van der Waals surface area contributed by atoms with Gasteiger partial charge in [-0.2, -0.15) is 0 Å². The number of guanidine groups is 1. The Morgan fingerprint density at radius 1 is 1.17 bits per heavy atom. The van der Waals surface area contributed by atoms with Gasteiger partial charge in [-0.05, 0) is 36.3 Å². The fourth-order valence-corrected chi connectivity index (χ4v) is 3.36. The predicted octanol–water partition coefficient (Wildman–Crippen LogP) is 2.59. The van der Waals surface area contributed by atoms with E-state index in [1.54, 1.807) is 4.90 Å². The molecule has 29 heavy (non-hydrogen) atoms. The van der Waals surface area contributed by atoms with Gasteiger partial charge in [0.05, 0.1) is 13.1 Å². The highest BCUT2D eigenvalue weighted by Crippen LogP contribution is 2.22. The molecular weight excluding hydrogens is 362 g/mol. The molecule has 1 aromatic carbocycles. The molecular formula is C23H39N5O. The molecule has 0 radical (unpaired) electrons. The second-order valence-corrected chi connectivity index (χ2v) is 9.13. The molecule has 0 atom stereocenters. The maximum absolute atomic E-state index is 11.9. The Balaban J connectivity index is 1.87. The third-order valence-corrected chi connectivity index (χ3v) is 5.37. The third kappa shape index (κ3) is 7.69. The Labute approximate surface area is 176 Å². The van der Waals surface area contributed by atoms with Crippen molar-refractivity contribution in [1.82, 2.24) is 20.4 Å². The minimum Gasteiger partial charge on any atom is -0.357 e. The molecule has 6 nitrogen and oxygen atoms in total. The van der Waals surface area contributed by atoms with E-state index < -0.39 is 0 Å². The molecule has 2 N–H and O–H groups in total. The van der Waals surface area contributed by atoms with Crippen LogP contribution >= 0.6 is 0 Å². The summed E-state index contributed by atoms with van der Waals surface area (Å²) >= 11 is 0. The van der Waals surface area contributed by atoms with E-state index in [0.717, 1.165) is 38.4 Å². The van der Waals surface area contributed by atoms with Crippen LogP contribution in [0.1, 0.15) is 51.7 Å². The Kier molecular flexibility index (Phi) is 8.50. The number of benzene rings is 1. The average Bonchev–Trinajstić information content (AvgIpc) is 2.67. The largest absolute Gasteiger partial charge is 0.357 e. The molecule has 1 heterocycles. The standard InChI is InChI=1S/C23H39N5O/c1-7-24-22(25-16-18-8-10-19(11-9-18)23(2,3)4)26-20-12-14-28(15-13-20)17-21(29)27(5)6/h8-11,20H,7,12-17H2,1-6H3,(H2,24,25,26). The van der Waals surface area contributed by atoms with Crippen LogP contribution in [0.2, 0.25) is 0 Å². The highest BCUT2D eigenvalue weighted by atomic mass is 16.2.